The van der Waals surface area contributed by atoms with E-state index in [1.807, 2.05) is 0 Å². The quantitative estimate of drug-likeness (QED) is 0.0585. The summed E-state index contributed by atoms with van der Waals surface area (Å²) < 4.78 is 22.7. The highest BCUT2D eigenvalue weighted by molar-refractivity contribution is 5.89. The van der Waals surface area contributed by atoms with Gasteiger partial charge in [-0.15, -0.1) is 0 Å². The van der Waals surface area contributed by atoms with Crippen LogP contribution in [0.4, 0.5) is 0 Å². The SMILES string of the molecule is CC(Oc1c(-c2ccc(O)cc2)oc2cc(O)cc(O)c2c1=O)C(O)C(OC(=O)/C=C/c1ccc(O)cc1)[C@H](O)[C@H](C)COC(=O)/C=C/c1ccc(O)cc1. The molecular weight excluding hydrogens is 716 g/mol. The number of aliphatic hydroxyl groups is 2. The van der Waals surface area contributed by atoms with Crippen molar-refractivity contribution in [3.8, 4) is 45.8 Å². The topological polar surface area (TPSA) is 234 Å². The summed E-state index contributed by atoms with van der Waals surface area (Å²) in [6, 6.07) is 19.4. The number of rotatable bonds is 14. The van der Waals surface area contributed by atoms with Gasteiger partial charge in [0.25, 0.3) is 0 Å². The maximum Gasteiger partial charge on any atom is 0.331 e. The van der Waals surface area contributed by atoms with Crippen LogP contribution in [0.3, 0.4) is 0 Å². The van der Waals surface area contributed by atoms with E-state index >= 15 is 0 Å². The Morgan fingerprint density at radius 1 is 0.709 bits per heavy atom. The molecule has 0 spiro atoms. The lowest BCUT2D eigenvalue weighted by Gasteiger charge is -2.33. The van der Waals surface area contributed by atoms with Gasteiger partial charge in [-0.2, -0.15) is 0 Å². The number of aromatic hydroxyl groups is 5. The second kappa shape index (κ2) is 17.4. The first-order valence-corrected chi connectivity index (χ1v) is 16.9. The highest BCUT2D eigenvalue weighted by Gasteiger charge is 2.39. The van der Waals surface area contributed by atoms with Crippen molar-refractivity contribution in [1.82, 2.24) is 0 Å². The molecule has 0 aliphatic heterocycles. The van der Waals surface area contributed by atoms with E-state index in [1.54, 1.807) is 12.1 Å². The van der Waals surface area contributed by atoms with Gasteiger partial charge in [0.1, 0.15) is 51.9 Å². The number of carbonyl (C=O) groups excluding carboxylic acids is 2. The molecule has 1 aromatic heterocycles. The summed E-state index contributed by atoms with van der Waals surface area (Å²) in [6.07, 6.45) is -1.73. The molecule has 7 N–H and O–H groups in total. The van der Waals surface area contributed by atoms with E-state index in [0.717, 1.165) is 24.3 Å². The Hall–Kier alpha value is -6.77. The number of ether oxygens (including phenoxy) is 3. The molecule has 0 amide bonds. The van der Waals surface area contributed by atoms with Crippen molar-refractivity contribution >= 4 is 35.1 Å². The van der Waals surface area contributed by atoms with Gasteiger partial charge in [-0.25, -0.2) is 9.59 Å². The second-order valence-corrected chi connectivity index (χ2v) is 12.6. The number of hydrogen-bond donors (Lipinski definition) is 7. The van der Waals surface area contributed by atoms with Gasteiger partial charge in [-0.05, 0) is 78.7 Å². The van der Waals surface area contributed by atoms with Crippen LogP contribution in [-0.4, -0.2) is 78.7 Å². The average molecular weight is 755 g/mol. The highest BCUT2D eigenvalue weighted by atomic mass is 16.6. The van der Waals surface area contributed by atoms with Crippen LogP contribution in [0.2, 0.25) is 0 Å². The maximum absolute atomic E-state index is 13.8. The van der Waals surface area contributed by atoms with Crippen molar-refractivity contribution in [1.29, 1.82) is 0 Å². The van der Waals surface area contributed by atoms with Crippen molar-refractivity contribution in [3.63, 3.8) is 0 Å². The summed E-state index contributed by atoms with van der Waals surface area (Å²) in [5.41, 5.74) is 0.261. The third kappa shape index (κ3) is 10.0. The van der Waals surface area contributed by atoms with Gasteiger partial charge < -0.3 is 54.4 Å². The summed E-state index contributed by atoms with van der Waals surface area (Å²) in [4.78, 5) is 39.4. The van der Waals surface area contributed by atoms with Crippen molar-refractivity contribution in [2.45, 2.75) is 38.3 Å². The molecule has 14 nitrogen and oxygen atoms in total. The molecule has 286 valence electrons. The lowest BCUT2D eigenvalue weighted by molar-refractivity contribution is -0.171. The Morgan fingerprint density at radius 3 is 1.80 bits per heavy atom. The zero-order valence-electron chi connectivity index (χ0n) is 29.5. The lowest BCUT2D eigenvalue weighted by Crippen LogP contribution is -2.50. The van der Waals surface area contributed by atoms with Crippen molar-refractivity contribution in [2.24, 2.45) is 5.92 Å². The van der Waals surface area contributed by atoms with Crippen LogP contribution in [0.25, 0.3) is 34.4 Å². The van der Waals surface area contributed by atoms with Crippen LogP contribution < -0.4 is 10.2 Å². The van der Waals surface area contributed by atoms with Gasteiger partial charge in [0.2, 0.25) is 11.2 Å². The van der Waals surface area contributed by atoms with Crippen LogP contribution in [0.15, 0.2) is 106 Å². The molecule has 1 heterocycles. The van der Waals surface area contributed by atoms with E-state index < -0.39 is 64.9 Å². The van der Waals surface area contributed by atoms with Gasteiger partial charge >= 0.3 is 11.9 Å². The molecule has 5 rings (SSSR count). The molecular formula is C41H38O14. The predicted octanol–water partition coefficient (Wildman–Crippen LogP) is 5.00. The maximum atomic E-state index is 13.8. The Labute approximate surface area is 313 Å². The van der Waals surface area contributed by atoms with Crippen molar-refractivity contribution < 1.29 is 64.0 Å². The van der Waals surface area contributed by atoms with Crippen LogP contribution in [0.1, 0.15) is 25.0 Å². The summed E-state index contributed by atoms with van der Waals surface area (Å²) in [6.45, 7) is 2.42. The average Bonchev–Trinajstić information content (AvgIpc) is 3.16. The third-order valence-electron chi connectivity index (χ3n) is 8.44. The number of benzene rings is 4. The first-order chi connectivity index (χ1) is 26.2. The molecule has 0 saturated heterocycles. The summed E-state index contributed by atoms with van der Waals surface area (Å²) in [5.74, 6) is -4.47. The number of esters is 2. The first-order valence-electron chi connectivity index (χ1n) is 16.9. The molecule has 5 aromatic rings. The zero-order chi connectivity index (χ0) is 39.8. The van der Waals surface area contributed by atoms with E-state index in [4.69, 9.17) is 18.6 Å². The van der Waals surface area contributed by atoms with Gasteiger partial charge in [-0.1, -0.05) is 31.2 Å². The fourth-order valence-electron chi connectivity index (χ4n) is 5.40. The molecule has 14 heteroatoms. The minimum atomic E-state index is -1.86. The fourth-order valence-corrected chi connectivity index (χ4v) is 5.40. The molecule has 0 aliphatic rings. The van der Waals surface area contributed by atoms with Gasteiger partial charge in [0, 0.05) is 35.8 Å². The Balaban J connectivity index is 1.42. The smallest absolute Gasteiger partial charge is 0.331 e. The van der Waals surface area contributed by atoms with Gasteiger partial charge in [-0.3, -0.25) is 4.79 Å². The standard InChI is InChI=1S/C41H38O14/c1-22(21-52-33(47)17-7-24-3-11-27(42)12-4-24)36(49)40(55-34(48)18-8-25-5-13-28(43)14-6-25)37(50)23(2)53-41-38(51)35-31(46)19-30(45)20-32(35)54-39(41)26-9-15-29(44)16-10-26/h3-20,22-23,36-37,40,42-46,49-50H,21H2,1-2H3/b17-7+,18-8+/t22-,23?,36-,37?,40?/m1/s1. The van der Waals surface area contributed by atoms with E-state index in [2.05, 4.69) is 0 Å². The monoisotopic (exact) mass is 754 g/mol. The molecule has 55 heavy (non-hydrogen) atoms. The van der Waals surface area contributed by atoms with Gasteiger partial charge in [0.15, 0.2) is 11.9 Å². The highest BCUT2D eigenvalue weighted by Crippen LogP contribution is 2.37. The number of fused-ring (bicyclic) bond motifs is 1. The molecule has 0 aliphatic carbocycles. The molecule has 3 unspecified atom stereocenters. The second-order valence-electron chi connectivity index (χ2n) is 12.6. The largest absolute Gasteiger partial charge is 0.508 e. The van der Waals surface area contributed by atoms with Gasteiger partial charge in [0.05, 0.1) is 12.7 Å². The molecule has 0 fully saturated rings. The molecule has 0 bridgehead atoms. The van der Waals surface area contributed by atoms with Crippen LogP contribution in [0.5, 0.6) is 34.5 Å². The summed E-state index contributed by atoms with van der Waals surface area (Å²) in [7, 11) is 0. The minimum Gasteiger partial charge on any atom is -0.508 e. The van der Waals surface area contributed by atoms with Crippen LogP contribution >= 0.6 is 0 Å². The number of aliphatic hydroxyl groups excluding tert-OH is 2. The Bertz CT molecular complexity index is 2240. The number of phenols is 5. The van der Waals surface area contributed by atoms with Crippen molar-refractivity contribution in [2.75, 3.05) is 6.61 Å². The molecule has 4 aromatic carbocycles. The van der Waals surface area contributed by atoms with E-state index in [9.17, 15) is 50.1 Å². The summed E-state index contributed by atoms with van der Waals surface area (Å²) in [5, 5.41) is 72.2. The van der Waals surface area contributed by atoms with Crippen LogP contribution in [0, 0.1) is 5.92 Å². The fraction of sp³-hybridized carbons (Fsp3) is 0.195. The molecule has 0 radical (unpaired) electrons. The van der Waals surface area contributed by atoms with E-state index in [1.165, 1.54) is 86.7 Å². The Morgan fingerprint density at radius 2 is 1.24 bits per heavy atom. The summed E-state index contributed by atoms with van der Waals surface area (Å²) >= 11 is 0. The minimum absolute atomic E-state index is 0.00735. The number of phenolic OH excluding ortho intramolecular Hbond substituents is 5. The predicted molar refractivity (Wildman–Crippen MR) is 199 cm³/mol. The van der Waals surface area contributed by atoms with E-state index in [0.29, 0.717) is 11.1 Å². The lowest BCUT2D eigenvalue weighted by atomic mass is 9.94. The Kier molecular flexibility index (Phi) is 12.5. The zero-order valence-corrected chi connectivity index (χ0v) is 29.5. The first kappa shape index (κ1) is 39.4. The number of carbonyl (C=O) groups is 2. The third-order valence-corrected chi connectivity index (χ3v) is 8.44. The normalized spacial score (nSPS) is 14.3. The van der Waals surface area contributed by atoms with E-state index in [-0.39, 0.29) is 46.1 Å². The number of hydrogen-bond acceptors (Lipinski definition) is 14. The molecule has 0 saturated carbocycles. The molecule has 5 atom stereocenters. The van der Waals surface area contributed by atoms with Crippen molar-refractivity contribution in [3.05, 3.63) is 118 Å². The van der Waals surface area contributed by atoms with Crippen LogP contribution in [-0.2, 0) is 19.1 Å².